The van der Waals surface area contributed by atoms with Crippen LogP contribution >= 0.6 is 0 Å². The Balaban J connectivity index is 1.71. The van der Waals surface area contributed by atoms with E-state index in [-0.39, 0.29) is 0 Å². The summed E-state index contributed by atoms with van der Waals surface area (Å²) in [5, 5.41) is 2.46. The second-order valence-electron chi connectivity index (χ2n) is 7.71. The van der Waals surface area contributed by atoms with E-state index in [1.54, 1.807) is 0 Å². The number of H-pyrrole nitrogens is 1. The first-order valence-electron chi connectivity index (χ1n) is 10.5. The van der Waals surface area contributed by atoms with Gasteiger partial charge in [0.2, 0.25) is 0 Å². The molecule has 0 bridgehead atoms. The van der Waals surface area contributed by atoms with Crippen molar-refractivity contribution >= 4 is 21.8 Å². The summed E-state index contributed by atoms with van der Waals surface area (Å²) in [6, 6.07) is 38.2. The van der Waals surface area contributed by atoms with E-state index in [1.165, 1.54) is 21.9 Å². The lowest BCUT2D eigenvalue weighted by Crippen LogP contribution is -1.94. The summed E-state index contributed by atoms with van der Waals surface area (Å²) < 4.78 is 0. The summed E-state index contributed by atoms with van der Waals surface area (Å²) >= 11 is 0. The SMILES string of the molecule is c1ccc(-c2ccnc(-c3cccc4c3[nH]c3ccccc34)c2-c2ccccc2)cc1. The Bertz CT molecular complexity index is 1510. The van der Waals surface area contributed by atoms with Gasteiger partial charge in [0.1, 0.15) is 0 Å². The predicted octanol–water partition coefficient (Wildman–Crippen LogP) is 7.72. The molecule has 2 nitrogen and oxygen atoms in total. The third kappa shape index (κ3) is 2.92. The molecule has 0 aliphatic heterocycles. The minimum atomic E-state index is 0.990. The largest absolute Gasteiger partial charge is 0.354 e. The minimum Gasteiger partial charge on any atom is -0.354 e. The molecule has 0 spiro atoms. The topological polar surface area (TPSA) is 28.7 Å². The Morgan fingerprint density at radius 2 is 1.19 bits per heavy atom. The molecule has 0 unspecified atom stereocenters. The van der Waals surface area contributed by atoms with Crippen molar-refractivity contribution in [3.05, 3.63) is 115 Å². The number of aromatic amines is 1. The van der Waals surface area contributed by atoms with Gasteiger partial charge < -0.3 is 4.98 Å². The molecule has 4 aromatic carbocycles. The summed E-state index contributed by atoms with van der Waals surface area (Å²) in [6.45, 7) is 0. The molecule has 31 heavy (non-hydrogen) atoms. The van der Waals surface area contributed by atoms with Crippen molar-refractivity contribution in [1.29, 1.82) is 0 Å². The molecule has 2 heteroatoms. The third-order valence-corrected chi connectivity index (χ3v) is 5.89. The smallest absolute Gasteiger partial charge is 0.0807 e. The maximum atomic E-state index is 4.91. The van der Waals surface area contributed by atoms with Gasteiger partial charge in [-0.05, 0) is 28.8 Å². The normalized spacial score (nSPS) is 11.2. The summed E-state index contributed by atoms with van der Waals surface area (Å²) in [6.07, 6.45) is 1.92. The number of para-hydroxylation sites is 2. The van der Waals surface area contributed by atoms with Crippen LogP contribution in [-0.4, -0.2) is 9.97 Å². The van der Waals surface area contributed by atoms with Gasteiger partial charge in [0, 0.05) is 33.6 Å². The molecular formula is C29H20N2. The van der Waals surface area contributed by atoms with Gasteiger partial charge >= 0.3 is 0 Å². The van der Waals surface area contributed by atoms with Gasteiger partial charge in [0.15, 0.2) is 0 Å². The molecule has 1 N–H and O–H groups in total. The van der Waals surface area contributed by atoms with Gasteiger partial charge in [-0.2, -0.15) is 0 Å². The Labute approximate surface area is 180 Å². The number of nitrogens with zero attached hydrogens (tertiary/aromatic N) is 1. The van der Waals surface area contributed by atoms with E-state index in [0.717, 1.165) is 33.4 Å². The second-order valence-corrected chi connectivity index (χ2v) is 7.71. The van der Waals surface area contributed by atoms with Crippen molar-refractivity contribution in [1.82, 2.24) is 9.97 Å². The molecule has 6 aromatic rings. The number of fused-ring (bicyclic) bond motifs is 3. The zero-order chi connectivity index (χ0) is 20.6. The molecule has 0 aliphatic rings. The number of pyridine rings is 1. The molecule has 0 atom stereocenters. The zero-order valence-electron chi connectivity index (χ0n) is 16.9. The number of aromatic nitrogens is 2. The van der Waals surface area contributed by atoms with Crippen LogP contribution in [0.25, 0.3) is 55.3 Å². The maximum absolute atomic E-state index is 4.91. The van der Waals surface area contributed by atoms with E-state index in [4.69, 9.17) is 4.98 Å². The molecule has 0 aliphatic carbocycles. The molecular weight excluding hydrogens is 376 g/mol. The first-order chi connectivity index (χ1) is 15.4. The van der Waals surface area contributed by atoms with Crippen molar-refractivity contribution in [3.8, 4) is 33.5 Å². The average Bonchev–Trinajstić information content (AvgIpc) is 3.24. The fourth-order valence-corrected chi connectivity index (χ4v) is 4.49. The van der Waals surface area contributed by atoms with Crippen molar-refractivity contribution in [3.63, 3.8) is 0 Å². The number of hydrogen-bond donors (Lipinski definition) is 1. The van der Waals surface area contributed by atoms with Gasteiger partial charge in [0.05, 0.1) is 11.2 Å². The third-order valence-electron chi connectivity index (χ3n) is 5.89. The van der Waals surface area contributed by atoms with Crippen LogP contribution in [0, 0.1) is 0 Å². The number of benzene rings is 4. The quantitative estimate of drug-likeness (QED) is 0.326. The highest BCUT2D eigenvalue weighted by Gasteiger charge is 2.18. The van der Waals surface area contributed by atoms with E-state index in [2.05, 4.69) is 114 Å². The lowest BCUT2D eigenvalue weighted by atomic mass is 9.90. The fraction of sp³-hybridized carbons (Fsp3) is 0. The highest BCUT2D eigenvalue weighted by molar-refractivity contribution is 6.12. The van der Waals surface area contributed by atoms with Crippen LogP contribution in [0.1, 0.15) is 0 Å². The van der Waals surface area contributed by atoms with Crippen molar-refractivity contribution in [2.45, 2.75) is 0 Å². The molecule has 146 valence electrons. The molecule has 0 saturated carbocycles. The second kappa shape index (κ2) is 7.26. The summed E-state index contributed by atoms with van der Waals surface area (Å²) in [7, 11) is 0. The van der Waals surface area contributed by atoms with E-state index < -0.39 is 0 Å². The van der Waals surface area contributed by atoms with Gasteiger partial charge in [0.25, 0.3) is 0 Å². The van der Waals surface area contributed by atoms with Crippen molar-refractivity contribution in [2.75, 3.05) is 0 Å². The van der Waals surface area contributed by atoms with E-state index in [0.29, 0.717) is 0 Å². The number of rotatable bonds is 3. The monoisotopic (exact) mass is 396 g/mol. The molecule has 2 heterocycles. The van der Waals surface area contributed by atoms with E-state index in [9.17, 15) is 0 Å². The molecule has 2 aromatic heterocycles. The van der Waals surface area contributed by atoms with Crippen LogP contribution in [-0.2, 0) is 0 Å². The molecule has 0 radical (unpaired) electrons. The van der Waals surface area contributed by atoms with Gasteiger partial charge in [-0.15, -0.1) is 0 Å². The summed E-state index contributed by atoms with van der Waals surface area (Å²) in [5.41, 5.74) is 9.07. The van der Waals surface area contributed by atoms with Gasteiger partial charge in [-0.1, -0.05) is 97.1 Å². The number of hydrogen-bond acceptors (Lipinski definition) is 1. The van der Waals surface area contributed by atoms with Crippen LogP contribution in [0.4, 0.5) is 0 Å². The van der Waals surface area contributed by atoms with Crippen LogP contribution in [0.3, 0.4) is 0 Å². The van der Waals surface area contributed by atoms with Crippen molar-refractivity contribution < 1.29 is 0 Å². The van der Waals surface area contributed by atoms with Crippen LogP contribution in [0.15, 0.2) is 115 Å². The predicted molar refractivity (Wildman–Crippen MR) is 130 cm³/mol. The molecule has 0 saturated heterocycles. The van der Waals surface area contributed by atoms with Crippen LogP contribution in [0.5, 0.6) is 0 Å². The zero-order valence-corrected chi connectivity index (χ0v) is 16.9. The molecule has 0 fully saturated rings. The van der Waals surface area contributed by atoms with Gasteiger partial charge in [-0.25, -0.2) is 0 Å². The van der Waals surface area contributed by atoms with Crippen LogP contribution in [0.2, 0.25) is 0 Å². The lowest BCUT2D eigenvalue weighted by molar-refractivity contribution is 1.33. The first kappa shape index (κ1) is 17.7. The lowest BCUT2D eigenvalue weighted by Gasteiger charge is -2.15. The number of nitrogens with one attached hydrogen (secondary N) is 1. The van der Waals surface area contributed by atoms with Crippen LogP contribution < -0.4 is 0 Å². The maximum Gasteiger partial charge on any atom is 0.0807 e. The Morgan fingerprint density at radius 1 is 0.516 bits per heavy atom. The Morgan fingerprint density at radius 3 is 2.00 bits per heavy atom. The standard InChI is InChI=1S/C29H20N2/c1-3-10-20(11-4-1)22-18-19-30-29(27(22)21-12-5-2-6-13-21)25-16-9-15-24-23-14-7-8-17-26(23)31-28(24)25/h1-19,31H. The summed E-state index contributed by atoms with van der Waals surface area (Å²) in [4.78, 5) is 8.55. The highest BCUT2D eigenvalue weighted by atomic mass is 14.7. The average molecular weight is 396 g/mol. The molecule has 6 rings (SSSR count). The van der Waals surface area contributed by atoms with Gasteiger partial charge in [-0.3, -0.25) is 4.98 Å². The Hall–Kier alpha value is -4.17. The van der Waals surface area contributed by atoms with Crippen molar-refractivity contribution in [2.24, 2.45) is 0 Å². The first-order valence-corrected chi connectivity index (χ1v) is 10.5. The highest BCUT2D eigenvalue weighted by Crippen LogP contribution is 2.41. The van der Waals surface area contributed by atoms with E-state index in [1.807, 2.05) is 6.20 Å². The molecule has 0 amide bonds. The minimum absolute atomic E-state index is 0.990. The van der Waals surface area contributed by atoms with E-state index >= 15 is 0 Å². The summed E-state index contributed by atoms with van der Waals surface area (Å²) in [5.74, 6) is 0. The fourth-order valence-electron chi connectivity index (χ4n) is 4.49. The Kier molecular flexibility index (Phi) is 4.14.